The first-order valence-corrected chi connectivity index (χ1v) is 8.72. The zero-order valence-corrected chi connectivity index (χ0v) is 13.4. The summed E-state index contributed by atoms with van der Waals surface area (Å²) < 4.78 is 10.8. The maximum Gasteiger partial charge on any atom is 0.292 e. The van der Waals surface area contributed by atoms with Crippen LogP contribution in [0.5, 0.6) is 0 Å². The van der Waals surface area contributed by atoms with Crippen LogP contribution in [0.15, 0.2) is 10.6 Å². The summed E-state index contributed by atoms with van der Waals surface area (Å²) in [6.45, 7) is 6.46. The molecule has 3 heterocycles. The van der Waals surface area contributed by atoms with Crippen molar-refractivity contribution in [2.45, 2.75) is 43.9 Å². The number of rotatable bonds is 3. The summed E-state index contributed by atoms with van der Waals surface area (Å²) in [7, 11) is 0. The van der Waals surface area contributed by atoms with E-state index in [1.54, 1.807) is 0 Å². The second-order valence-corrected chi connectivity index (χ2v) is 7.11. The average molecular weight is 310 g/mol. The highest BCUT2D eigenvalue weighted by Crippen LogP contribution is 2.31. The lowest BCUT2D eigenvalue weighted by Gasteiger charge is -2.42. The number of fused-ring (bicyclic) bond motifs is 1. The van der Waals surface area contributed by atoms with Gasteiger partial charge >= 0.3 is 0 Å². The van der Waals surface area contributed by atoms with Crippen molar-refractivity contribution in [1.29, 1.82) is 0 Å². The molecule has 0 N–H and O–H groups in total. The normalized spacial score (nSPS) is 27.2. The van der Waals surface area contributed by atoms with E-state index < -0.39 is 0 Å². The van der Waals surface area contributed by atoms with Crippen molar-refractivity contribution >= 4 is 17.7 Å². The van der Waals surface area contributed by atoms with Gasteiger partial charge in [-0.3, -0.25) is 4.79 Å². The molecule has 2 aliphatic heterocycles. The van der Waals surface area contributed by atoms with Crippen LogP contribution in [0.3, 0.4) is 0 Å². The Kier molecular flexibility index (Phi) is 4.54. The zero-order chi connectivity index (χ0) is 14.8. The van der Waals surface area contributed by atoms with Crippen molar-refractivity contribution in [2.75, 3.05) is 25.5 Å². The van der Waals surface area contributed by atoms with Gasteiger partial charge in [0.15, 0.2) is 0 Å². The topological polar surface area (TPSA) is 55.6 Å². The van der Waals surface area contributed by atoms with Crippen LogP contribution in [-0.4, -0.2) is 52.8 Å². The third kappa shape index (κ3) is 2.97. The van der Waals surface area contributed by atoms with Crippen LogP contribution in [0.4, 0.5) is 0 Å². The summed E-state index contributed by atoms with van der Waals surface area (Å²) in [5, 5.41) is 4.45. The van der Waals surface area contributed by atoms with Gasteiger partial charge in [0.2, 0.25) is 5.76 Å². The van der Waals surface area contributed by atoms with Gasteiger partial charge in [-0.05, 0) is 12.8 Å². The molecule has 0 aliphatic carbocycles. The van der Waals surface area contributed by atoms with Crippen LogP contribution in [0.25, 0.3) is 0 Å². The Morgan fingerprint density at radius 3 is 3.29 bits per heavy atom. The van der Waals surface area contributed by atoms with E-state index in [1.807, 2.05) is 22.7 Å². The minimum atomic E-state index is -0.0192. The highest BCUT2D eigenvalue weighted by atomic mass is 32.2. The molecule has 0 spiro atoms. The summed E-state index contributed by atoms with van der Waals surface area (Å²) >= 11 is 1.91. The first-order chi connectivity index (χ1) is 10.2. The molecule has 2 saturated heterocycles. The molecule has 2 fully saturated rings. The lowest BCUT2D eigenvalue weighted by Crippen LogP contribution is -2.54. The van der Waals surface area contributed by atoms with Crippen LogP contribution in [0.2, 0.25) is 0 Å². The van der Waals surface area contributed by atoms with Gasteiger partial charge in [-0.15, -0.1) is 0 Å². The lowest BCUT2D eigenvalue weighted by molar-refractivity contribution is 0.0296. The van der Waals surface area contributed by atoms with Gasteiger partial charge in [0.25, 0.3) is 5.91 Å². The third-order valence-corrected chi connectivity index (χ3v) is 5.75. The molecule has 1 aromatic heterocycles. The fourth-order valence-corrected chi connectivity index (χ4v) is 4.21. The Labute approximate surface area is 129 Å². The Balaban J connectivity index is 1.75. The van der Waals surface area contributed by atoms with Crippen molar-refractivity contribution in [3.05, 3.63) is 17.5 Å². The smallest absolute Gasteiger partial charge is 0.292 e. The maximum absolute atomic E-state index is 12.7. The van der Waals surface area contributed by atoms with E-state index in [0.717, 1.165) is 44.0 Å². The molecular formula is C15H22N2O3S. The Morgan fingerprint density at radius 1 is 1.62 bits per heavy atom. The fourth-order valence-electron chi connectivity index (χ4n) is 2.91. The van der Waals surface area contributed by atoms with Gasteiger partial charge in [0.05, 0.1) is 12.3 Å². The largest absolute Gasteiger partial charge is 0.380 e. The van der Waals surface area contributed by atoms with Gasteiger partial charge in [0, 0.05) is 42.2 Å². The summed E-state index contributed by atoms with van der Waals surface area (Å²) in [5.74, 6) is 1.64. The molecule has 0 saturated carbocycles. The summed E-state index contributed by atoms with van der Waals surface area (Å²) in [6, 6.07) is 2.08. The molecule has 5 nitrogen and oxygen atoms in total. The molecule has 0 aromatic carbocycles. The van der Waals surface area contributed by atoms with Crippen LogP contribution in [-0.2, 0) is 4.74 Å². The SMILES string of the molecule is CCC(C)c1cc(C(=O)N2CCSC3COCCC32)on1. The minimum Gasteiger partial charge on any atom is -0.380 e. The van der Waals surface area contributed by atoms with E-state index >= 15 is 0 Å². The Bertz CT molecular complexity index is 503. The predicted octanol–water partition coefficient (Wildman–Crippen LogP) is 2.53. The van der Waals surface area contributed by atoms with E-state index in [-0.39, 0.29) is 11.9 Å². The molecule has 2 aliphatic rings. The number of thioether (sulfide) groups is 1. The maximum atomic E-state index is 12.7. The summed E-state index contributed by atoms with van der Waals surface area (Å²) in [6.07, 6.45) is 1.90. The van der Waals surface area contributed by atoms with Crippen LogP contribution in [0.1, 0.15) is 48.9 Å². The predicted molar refractivity (Wildman–Crippen MR) is 81.7 cm³/mol. The summed E-state index contributed by atoms with van der Waals surface area (Å²) in [5.41, 5.74) is 0.871. The number of carbonyl (C=O) groups excluding carboxylic acids is 1. The minimum absolute atomic E-state index is 0.0192. The van der Waals surface area contributed by atoms with Crippen molar-refractivity contribution in [2.24, 2.45) is 0 Å². The van der Waals surface area contributed by atoms with Crippen molar-refractivity contribution in [3.8, 4) is 0 Å². The van der Waals surface area contributed by atoms with Crippen molar-refractivity contribution in [3.63, 3.8) is 0 Å². The molecule has 1 aromatic rings. The number of aromatic nitrogens is 1. The number of hydrogen-bond donors (Lipinski definition) is 0. The molecule has 116 valence electrons. The van der Waals surface area contributed by atoms with E-state index in [2.05, 4.69) is 19.0 Å². The Hall–Kier alpha value is -1.01. The fraction of sp³-hybridized carbons (Fsp3) is 0.733. The van der Waals surface area contributed by atoms with Crippen molar-refractivity contribution in [1.82, 2.24) is 10.1 Å². The number of ether oxygens (including phenoxy) is 1. The van der Waals surface area contributed by atoms with Crippen LogP contribution < -0.4 is 0 Å². The molecule has 3 atom stereocenters. The van der Waals surface area contributed by atoms with Gasteiger partial charge in [-0.25, -0.2) is 0 Å². The standard InChI is InChI=1S/C15H22N2O3S/c1-3-10(2)11-8-13(20-16-11)15(18)17-5-7-21-14-9-19-6-4-12(14)17/h8,10,12,14H,3-7,9H2,1-2H3. The van der Waals surface area contributed by atoms with E-state index in [4.69, 9.17) is 9.26 Å². The first kappa shape index (κ1) is 14.9. The first-order valence-electron chi connectivity index (χ1n) is 7.67. The molecule has 6 heteroatoms. The van der Waals surface area contributed by atoms with Gasteiger partial charge < -0.3 is 14.2 Å². The van der Waals surface area contributed by atoms with E-state index in [1.165, 1.54) is 0 Å². The van der Waals surface area contributed by atoms with Gasteiger partial charge in [-0.2, -0.15) is 11.8 Å². The second kappa shape index (κ2) is 6.40. The summed E-state index contributed by atoms with van der Waals surface area (Å²) in [4.78, 5) is 14.7. The zero-order valence-electron chi connectivity index (χ0n) is 12.6. The molecule has 3 rings (SSSR count). The number of hydrogen-bond acceptors (Lipinski definition) is 5. The Morgan fingerprint density at radius 2 is 2.48 bits per heavy atom. The quantitative estimate of drug-likeness (QED) is 0.858. The second-order valence-electron chi connectivity index (χ2n) is 5.76. The highest BCUT2D eigenvalue weighted by Gasteiger charge is 2.38. The number of nitrogens with zero attached hydrogens (tertiary/aromatic N) is 2. The van der Waals surface area contributed by atoms with Crippen molar-refractivity contribution < 1.29 is 14.1 Å². The van der Waals surface area contributed by atoms with Gasteiger partial charge in [-0.1, -0.05) is 19.0 Å². The molecule has 1 amide bonds. The van der Waals surface area contributed by atoms with E-state index in [9.17, 15) is 4.79 Å². The molecular weight excluding hydrogens is 288 g/mol. The molecule has 0 radical (unpaired) electrons. The van der Waals surface area contributed by atoms with Crippen LogP contribution >= 0.6 is 11.8 Å². The molecule has 0 bridgehead atoms. The molecule has 21 heavy (non-hydrogen) atoms. The van der Waals surface area contributed by atoms with Gasteiger partial charge in [0.1, 0.15) is 0 Å². The monoisotopic (exact) mass is 310 g/mol. The van der Waals surface area contributed by atoms with E-state index in [0.29, 0.717) is 16.9 Å². The van der Waals surface area contributed by atoms with Crippen LogP contribution in [0, 0.1) is 0 Å². The number of carbonyl (C=O) groups is 1. The highest BCUT2D eigenvalue weighted by molar-refractivity contribution is 8.00. The number of amides is 1. The lowest BCUT2D eigenvalue weighted by atomic mass is 10.0. The average Bonchev–Trinajstić information content (AvgIpc) is 3.03. The molecule has 3 unspecified atom stereocenters. The third-order valence-electron chi connectivity index (χ3n) is 4.45.